The number of aliphatic hydroxyl groups is 1. The van der Waals surface area contributed by atoms with E-state index in [1.54, 1.807) is 12.1 Å². The molecule has 2 fully saturated rings. The van der Waals surface area contributed by atoms with Crippen molar-refractivity contribution in [1.82, 2.24) is 15.6 Å². The molecule has 1 heterocycles. The lowest BCUT2D eigenvalue weighted by Crippen LogP contribution is -2.58. The molecule has 0 radical (unpaired) electrons. The van der Waals surface area contributed by atoms with Gasteiger partial charge in [-0.25, -0.2) is 0 Å². The van der Waals surface area contributed by atoms with Gasteiger partial charge >= 0.3 is 0 Å². The molecular formula is C26H39N7O3. The van der Waals surface area contributed by atoms with E-state index < -0.39 is 30.0 Å². The number of rotatable bonds is 7. The van der Waals surface area contributed by atoms with E-state index in [2.05, 4.69) is 31.5 Å². The summed E-state index contributed by atoms with van der Waals surface area (Å²) in [6.07, 6.45) is 7.46. The smallest absolute Gasteiger partial charge is 0.251 e. The van der Waals surface area contributed by atoms with Gasteiger partial charge in [-0.3, -0.25) is 25.2 Å². The summed E-state index contributed by atoms with van der Waals surface area (Å²) >= 11 is 0. The monoisotopic (exact) mass is 497 g/mol. The largest absolute Gasteiger partial charge is 0.399 e. The fourth-order valence-corrected chi connectivity index (χ4v) is 4.96. The maximum absolute atomic E-state index is 14.0. The Morgan fingerprint density at radius 2 is 1.86 bits per heavy atom. The molecule has 0 spiro atoms. The molecule has 3 atom stereocenters. The van der Waals surface area contributed by atoms with Crippen LogP contribution in [0.5, 0.6) is 0 Å². The van der Waals surface area contributed by atoms with Gasteiger partial charge in [0.05, 0.1) is 18.3 Å². The quantitative estimate of drug-likeness (QED) is 0.214. The van der Waals surface area contributed by atoms with Crippen molar-refractivity contribution in [2.45, 2.75) is 88.9 Å². The number of anilines is 1. The highest BCUT2D eigenvalue weighted by atomic mass is 16.3. The first-order valence-corrected chi connectivity index (χ1v) is 12.6. The van der Waals surface area contributed by atoms with Gasteiger partial charge in [0.2, 0.25) is 5.91 Å². The zero-order valence-corrected chi connectivity index (χ0v) is 21.4. The van der Waals surface area contributed by atoms with Crippen molar-refractivity contribution in [3.8, 4) is 6.19 Å². The Hall–Kier alpha value is -3.29. The number of carbonyl (C=O) groups excluding carboxylic acids is 2. The average Bonchev–Trinajstić information content (AvgIpc) is 3.23. The molecule has 0 aromatic heterocycles. The van der Waals surface area contributed by atoms with Crippen LogP contribution in [0.3, 0.4) is 0 Å². The molecule has 2 aliphatic rings. The van der Waals surface area contributed by atoms with Gasteiger partial charge in [0, 0.05) is 24.4 Å². The number of amides is 2. The number of aliphatic hydroxyl groups excluding tert-OH is 1. The van der Waals surface area contributed by atoms with Crippen LogP contribution in [0.1, 0.15) is 64.9 Å². The second kappa shape index (κ2) is 11.6. The number of hydrogen-bond donors (Lipinski definition) is 5. The Morgan fingerprint density at radius 1 is 1.22 bits per heavy atom. The molecule has 7 N–H and O–H groups in total. The van der Waals surface area contributed by atoms with Crippen molar-refractivity contribution in [2.24, 2.45) is 11.6 Å². The van der Waals surface area contributed by atoms with Gasteiger partial charge in [-0.2, -0.15) is 5.26 Å². The Bertz CT molecular complexity index is 990. The van der Waals surface area contributed by atoms with Gasteiger partial charge < -0.3 is 21.6 Å². The van der Waals surface area contributed by atoms with E-state index >= 15 is 0 Å². The fourth-order valence-electron chi connectivity index (χ4n) is 4.96. The highest BCUT2D eigenvalue weighted by Gasteiger charge is 2.43. The molecule has 2 amide bonds. The summed E-state index contributed by atoms with van der Waals surface area (Å²) in [7, 11) is 0. The maximum Gasteiger partial charge on any atom is 0.251 e. The van der Waals surface area contributed by atoms with Crippen molar-refractivity contribution in [2.75, 3.05) is 11.4 Å². The predicted molar refractivity (Wildman–Crippen MR) is 138 cm³/mol. The number of nitrogens with two attached hydrogens (primary N) is 2. The van der Waals surface area contributed by atoms with Crippen LogP contribution in [0.2, 0.25) is 0 Å². The molecule has 3 unspecified atom stereocenters. The van der Waals surface area contributed by atoms with Gasteiger partial charge in [-0.1, -0.05) is 52.2 Å². The number of β-amino-alcohol motifs (C(OH)–C–C–N with tert-alkyl or cyclic N) is 1. The van der Waals surface area contributed by atoms with Crippen LogP contribution in [0.4, 0.5) is 5.69 Å². The lowest BCUT2D eigenvalue weighted by Gasteiger charge is -2.35. The van der Waals surface area contributed by atoms with Crippen LogP contribution in [-0.4, -0.2) is 52.6 Å². The summed E-state index contributed by atoms with van der Waals surface area (Å²) in [5, 5.41) is 22.8. The third kappa shape index (κ3) is 6.28. The number of nitrogens with one attached hydrogen (secondary N) is 2. The predicted octanol–water partition coefficient (Wildman–Crippen LogP) is 1.31. The van der Waals surface area contributed by atoms with Gasteiger partial charge in [-0.15, -0.1) is 0 Å². The van der Waals surface area contributed by atoms with Crippen molar-refractivity contribution in [3.05, 3.63) is 41.7 Å². The number of likely N-dealkylation sites (tertiary alicyclic amines) is 1. The van der Waals surface area contributed by atoms with E-state index in [0.717, 1.165) is 37.7 Å². The normalized spacial score (nSPS) is 22.0. The molecule has 3 rings (SSSR count). The van der Waals surface area contributed by atoms with Gasteiger partial charge in [0.25, 0.3) is 5.91 Å². The molecule has 1 saturated heterocycles. The highest BCUT2D eigenvalue weighted by Crippen LogP contribution is 2.30. The first-order valence-electron chi connectivity index (χ1n) is 12.6. The van der Waals surface area contributed by atoms with Crippen LogP contribution in [-0.2, 0) is 15.0 Å². The molecule has 1 aliphatic carbocycles. The Labute approximate surface area is 213 Å². The minimum atomic E-state index is -1.20. The topological polar surface area (TPSA) is 161 Å². The van der Waals surface area contributed by atoms with Gasteiger partial charge in [-0.05, 0) is 36.0 Å². The van der Waals surface area contributed by atoms with Crippen LogP contribution in [0.15, 0.2) is 36.2 Å². The number of carbonyl (C=O) groups is 2. The number of nitriles is 1. The lowest BCUT2D eigenvalue weighted by molar-refractivity contribution is -0.127. The lowest BCUT2D eigenvalue weighted by atomic mass is 9.87. The summed E-state index contributed by atoms with van der Waals surface area (Å²) in [5.41, 5.74) is 10.2. The molecule has 0 bridgehead atoms. The average molecular weight is 498 g/mol. The van der Waals surface area contributed by atoms with Crippen LogP contribution >= 0.6 is 0 Å². The summed E-state index contributed by atoms with van der Waals surface area (Å²) in [5.74, 6) is 4.58. The van der Waals surface area contributed by atoms with E-state index in [-0.39, 0.29) is 30.1 Å². The van der Waals surface area contributed by atoms with Crippen molar-refractivity contribution in [1.29, 1.82) is 5.26 Å². The SMILES string of the molecule is CC(C)(C)c1ccc(N(C(=O)C2CC(O)CN2C#N)C(C(=O)NC2CCCCC2)/C(N)=C/NN)cc1. The van der Waals surface area contributed by atoms with E-state index in [9.17, 15) is 20.0 Å². The molecule has 36 heavy (non-hydrogen) atoms. The second-order valence-corrected chi connectivity index (χ2v) is 10.7. The van der Waals surface area contributed by atoms with E-state index in [4.69, 9.17) is 11.6 Å². The maximum atomic E-state index is 14.0. The second-order valence-electron chi connectivity index (χ2n) is 10.7. The van der Waals surface area contributed by atoms with Crippen molar-refractivity contribution < 1.29 is 14.7 Å². The Balaban J connectivity index is 2.06. The summed E-state index contributed by atoms with van der Waals surface area (Å²) in [6.45, 7) is 6.31. The fraction of sp³-hybridized carbons (Fsp3) is 0.577. The molecule has 1 saturated carbocycles. The van der Waals surface area contributed by atoms with Gasteiger partial charge in [0.1, 0.15) is 6.04 Å². The molecule has 10 nitrogen and oxygen atoms in total. The third-order valence-corrected chi connectivity index (χ3v) is 6.97. The van der Waals surface area contributed by atoms with Crippen LogP contribution < -0.4 is 27.2 Å². The number of hydrazine groups is 1. The first kappa shape index (κ1) is 27.3. The summed E-state index contributed by atoms with van der Waals surface area (Å²) in [4.78, 5) is 30.3. The molecule has 1 aromatic rings. The zero-order valence-electron chi connectivity index (χ0n) is 21.4. The van der Waals surface area contributed by atoms with E-state index in [1.165, 1.54) is 16.0 Å². The molecule has 10 heteroatoms. The Morgan fingerprint density at radius 3 is 2.42 bits per heavy atom. The van der Waals surface area contributed by atoms with E-state index in [0.29, 0.717) is 5.69 Å². The molecule has 1 aromatic carbocycles. The minimum Gasteiger partial charge on any atom is -0.399 e. The number of hydrogen-bond acceptors (Lipinski definition) is 8. The first-order chi connectivity index (χ1) is 17.1. The zero-order chi connectivity index (χ0) is 26.5. The minimum absolute atomic E-state index is 0.00323. The number of nitrogens with zero attached hydrogens (tertiary/aromatic N) is 3. The standard InChI is InChI=1S/C26H39N7O3/c1-26(2,3)17-9-11-19(12-10-17)33(25(36)22-13-20(34)15-32(22)16-27)23(21(28)14-30-29)24(35)31-18-7-5-4-6-8-18/h9-12,14,18,20,22-23,30,34H,4-8,13,15,28-29H2,1-3H3,(H,31,35)/b21-14-. The molecule has 1 aliphatic heterocycles. The Kier molecular flexibility index (Phi) is 8.82. The molecular weight excluding hydrogens is 458 g/mol. The molecule has 196 valence electrons. The van der Waals surface area contributed by atoms with E-state index in [1.807, 2.05) is 18.3 Å². The highest BCUT2D eigenvalue weighted by molar-refractivity contribution is 6.05. The van der Waals surface area contributed by atoms with Crippen LogP contribution in [0.25, 0.3) is 0 Å². The van der Waals surface area contributed by atoms with Crippen molar-refractivity contribution in [3.63, 3.8) is 0 Å². The van der Waals surface area contributed by atoms with Gasteiger partial charge in [0.15, 0.2) is 12.2 Å². The third-order valence-electron chi connectivity index (χ3n) is 6.97. The summed E-state index contributed by atoms with van der Waals surface area (Å²) in [6, 6.07) is 5.27. The van der Waals surface area contributed by atoms with Crippen LogP contribution in [0, 0.1) is 11.5 Å². The van der Waals surface area contributed by atoms with Crippen molar-refractivity contribution >= 4 is 17.5 Å². The number of benzene rings is 1. The summed E-state index contributed by atoms with van der Waals surface area (Å²) < 4.78 is 0.